The molecular formula is C8H8N4O4. The van der Waals surface area contributed by atoms with Crippen LogP contribution in [-0.4, -0.2) is 19.1 Å². The molecule has 84 valence electrons. The van der Waals surface area contributed by atoms with E-state index in [0.717, 1.165) is 9.13 Å². The van der Waals surface area contributed by atoms with Gasteiger partial charge in [-0.3, -0.25) is 28.7 Å². The molecule has 0 aromatic carbocycles. The van der Waals surface area contributed by atoms with E-state index >= 15 is 0 Å². The maximum atomic E-state index is 11.6. The second-order valence-corrected chi connectivity index (χ2v) is 3.34. The number of aromatic amines is 2. The van der Waals surface area contributed by atoms with Crippen LogP contribution in [0.4, 0.5) is 0 Å². The van der Waals surface area contributed by atoms with Crippen molar-refractivity contribution in [2.45, 2.75) is 0 Å². The quantitative estimate of drug-likeness (QED) is 0.520. The second kappa shape index (κ2) is 3.05. The first-order valence-electron chi connectivity index (χ1n) is 4.36. The smallest absolute Gasteiger partial charge is 0.292 e. The van der Waals surface area contributed by atoms with Crippen LogP contribution < -0.4 is 22.5 Å². The van der Waals surface area contributed by atoms with Gasteiger partial charge in [-0.1, -0.05) is 0 Å². The number of aromatic nitrogens is 4. The van der Waals surface area contributed by atoms with Crippen LogP contribution in [0, 0.1) is 0 Å². The Kier molecular flexibility index (Phi) is 1.94. The van der Waals surface area contributed by atoms with Gasteiger partial charge in [0.05, 0.1) is 0 Å². The van der Waals surface area contributed by atoms with Crippen LogP contribution in [0.15, 0.2) is 19.2 Å². The van der Waals surface area contributed by atoms with E-state index in [-0.39, 0.29) is 11.0 Å². The van der Waals surface area contributed by atoms with Crippen molar-refractivity contribution in [3.63, 3.8) is 0 Å². The van der Waals surface area contributed by atoms with Crippen molar-refractivity contribution in [3.8, 4) is 0 Å². The molecule has 0 aliphatic rings. The van der Waals surface area contributed by atoms with Gasteiger partial charge in [0.15, 0.2) is 0 Å². The SMILES string of the molecule is Cn1c(=O)c2c(=O)[nH]c(=O)[nH]c2n(C)c1=O. The summed E-state index contributed by atoms with van der Waals surface area (Å²) in [7, 11) is 2.62. The summed E-state index contributed by atoms with van der Waals surface area (Å²) in [5.41, 5.74) is -3.01. The first-order valence-corrected chi connectivity index (χ1v) is 4.36. The number of aryl methyl sites for hydroxylation is 1. The van der Waals surface area contributed by atoms with Gasteiger partial charge in [-0.2, -0.15) is 0 Å². The number of rotatable bonds is 0. The van der Waals surface area contributed by atoms with Crippen molar-refractivity contribution in [2.24, 2.45) is 14.1 Å². The maximum absolute atomic E-state index is 11.6. The lowest BCUT2D eigenvalue weighted by Gasteiger charge is -2.04. The van der Waals surface area contributed by atoms with E-state index in [2.05, 4.69) is 4.98 Å². The van der Waals surface area contributed by atoms with Gasteiger partial charge in [-0.25, -0.2) is 9.59 Å². The molecule has 0 amide bonds. The standard InChI is InChI=1S/C8H8N4O4/c1-11-4-3(5(13)10-7(15)9-4)6(14)12(2)8(11)16/h1-2H3,(H2,9,10,13,15). The fourth-order valence-electron chi connectivity index (χ4n) is 1.50. The molecule has 0 atom stereocenters. The molecule has 2 aromatic heterocycles. The molecule has 2 heterocycles. The summed E-state index contributed by atoms with van der Waals surface area (Å²) in [5, 5.41) is -0.246. The fourth-order valence-corrected chi connectivity index (χ4v) is 1.50. The topological polar surface area (TPSA) is 110 Å². The molecule has 0 bridgehead atoms. The minimum atomic E-state index is -0.810. The third kappa shape index (κ3) is 1.16. The zero-order valence-electron chi connectivity index (χ0n) is 8.53. The molecule has 2 aromatic rings. The van der Waals surface area contributed by atoms with Crippen LogP contribution in [0.5, 0.6) is 0 Å². The molecule has 0 saturated carbocycles. The predicted octanol–water partition coefficient (Wildman–Crippen LogP) is -2.39. The van der Waals surface area contributed by atoms with Gasteiger partial charge in [0.25, 0.3) is 11.1 Å². The molecule has 0 fully saturated rings. The van der Waals surface area contributed by atoms with E-state index in [1.807, 2.05) is 4.98 Å². The first kappa shape index (κ1) is 10.1. The molecule has 2 N–H and O–H groups in total. The number of nitrogens with zero attached hydrogens (tertiary/aromatic N) is 2. The van der Waals surface area contributed by atoms with Gasteiger partial charge in [0.2, 0.25) is 0 Å². The largest absolute Gasteiger partial charge is 0.332 e. The predicted molar refractivity (Wildman–Crippen MR) is 55.7 cm³/mol. The van der Waals surface area contributed by atoms with Crippen molar-refractivity contribution in [2.75, 3.05) is 0 Å². The van der Waals surface area contributed by atoms with Crippen molar-refractivity contribution in [1.29, 1.82) is 0 Å². The molecule has 0 spiro atoms. The Labute approximate surface area is 86.8 Å². The van der Waals surface area contributed by atoms with Crippen LogP contribution >= 0.6 is 0 Å². The van der Waals surface area contributed by atoms with E-state index in [1.54, 1.807) is 0 Å². The van der Waals surface area contributed by atoms with Crippen molar-refractivity contribution in [1.82, 2.24) is 19.1 Å². The highest BCUT2D eigenvalue weighted by atomic mass is 16.2. The van der Waals surface area contributed by atoms with E-state index < -0.39 is 22.5 Å². The third-order valence-electron chi connectivity index (χ3n) is 2.35. The van der Waals surface area contributed by atoms with Crippen LogP contribution in [-0.2, 0) is 14.1 Å². The Bertz CT molecular complexity index is 804. The molecule has 0 unspecified atom stereocenters. The molecule has 8 nitrogen and oxygen atoms in total. The van der Waals surface area contributed by atoms with Crippen LogP contribution in [0.1, 0.15) is 0 Å². The summed E-state index contributed by atoms with van der Waals surface area (Å²) in [6.07, 6.45) is 0. The van der Waals surface area contributed by atoms with E-state index in [9.17, 15) is 19.2 Å². The molecule has 0 radical (unpaired) electrons. The summed E-state index contributed by atoms with van der Waals surface area (Å²) < 4.78 is 1.84. The highest BCUT2D eigenvalue weighted by Gasteiger charge is 2.12. The van der Waals surface area contributed by atoms with Crippen molar-refractivity contribution < 1.29 is 0 Å². The first-order chi connectivity index (χ1) is 7.43. The zero-order chi connectivity index (χ0) is 12.0. The summed E-state index contributed by atoms with van der Waals surface area (Å²) in [6.45, 7) is 0. The Balaban J connectivity index is 3.36. The number of H-pyrrole nitrogens is 2. The molecule has 0 aliphatic carbocycles. The summed E-state index contributed by atoms with van der Waals surface area (Å²) in [5.74, 6) is 0. The van der Waals surface area contributed by atoms with E-state index in [4.69, 9.17) is 0 Å². The van der Waals surface area contributed by atoms with Crippen LogP contribution in [0.25, 0.3) is 11.0 Å². The van der Waals surface area contributed by atoms with Crippen LogP contribution in [0.3, 0.4) is 0 Å². The summed E-state index contributed by atoms with van der Waals surface area (Å²) >= 11 is 0. The van der Waals surface area contributed by atoms with Crippen molar-refractivity contribution >= 4 is 11.0 Å². The Morgan fingerprint density at radius 2 is 1.56 bits per heavy atom. The van der Waals surface area contributed by atoms with Gasteiger partial charge in [0.1, 0.15) is 11.0 Å². The zero-order valence-corrected chi connectivity index (χ0v) is 8.53. The average Bonchev–Trinajstić information content (AvgIpc) is 2.22. The Hall–Kier alpha value is -2.38. The van der Waals surface area contributed by atoms with Gasteiger partial charge >= 0.3 is 11.4 Å². The molecule has 2 rings (SSSR count). The Morgan fingerprint density at radius 1 is 0.938 bits per heavy atom. The Morgan fingerprint density at radius 3 is 2.19 bits per heavy atom. The van der Waals surface area contributed by atoms with Gasteiger partial charge < -0.3 is 0 Å². The lowest BCUT2D eigenvalue weighted by Crippen LogP contribution is -2.41. The lowest BCUT2D eigenvalue weighted by molar-refractivity contribution is 0.703. The minimum absolute atomic E-state index is 0.0816. The van der Waals surface area contributed by atoms with Gasteiger partial charge in [-0.05, 0) is 0 Å². The number of hydrogen-bond donors (Lipinski definition) is 2. The summed E-state index contributed by atoms with van der Waals surface area (Å²) in [6, 6.07) is 0. The molecular weight excluding hydrogens is 216 g/mol. The highest BCUT2D eigenvalue weighted by molar-refractivity contribution is 5.71. The maximum Gasteiger partial charge on any atom is 0.332 e. The molecule has 0 saturated heterocycles. The monoisotopic (exact) mass is 224 g/mol. The average molecular weight is 224 g/mol. The molecule has 0 aliphatic heterocycles. The second-order valence-electron chi connectivity index (χ2n) is 3.34. The third-order valence-corrected chi connectivity index (χ3v) is 2.35. The number of fused-ring (bicyclic) bond motifs is 1. The fraction of sp³-hybridized carbons (Fsp3) is 0.250. The number of nitrogens with one attached hydrogen (secondary N) is 2. The van der Waals surface area contributed by atoms with E-state index in [1.165, 1.54) is 14.1 Å². The summed E-state index contributed by atoms with van der Waals surface area (Å²) in [4.78, 5) is 49.8. The lowest BCUT2D eigenvalue weighted by atomic mass is 10.4. The molecule has 8 heteroatoms. The van der Waals surface area contributed by atoms with E-state index in [0.29, 0.717) is 0 Å². The highest BCUT2D eigenvalue weighted by Crippen LogP contribution is 1.92. The number of hydrogen-bond acceptors (Lipinski definition) is 4. The molecule has 16 heavy (non-hydrogen) atoms. The minimum Gasteiger partial charge on any atom is -0.292 e. The van der Waals surface area contributed by atoms with Crippen molar-refractivity contribution in [3.05, 3.63) is 41.7 Å². The van der Waals surface area contributed by atoms with Gasteiger partial charge in [0, 0.05) is 14.1 Å². The van der Waals surface area contributed by atoms with Crippen LogP contribution in [0.2, 0.25) is 0 Å². The normalized spacial score (nSPS) is 10.9. The van der Waals surface area contributed by atoms with Gasteiger partial charge in [-0.15, -0.1) is 0 Å².